The van der Waals surface area contributed by atoms with Gasteiger partial charge in [-0.1, -0.05) is 48.5 Å². The normalized spacial score (nSPS) is 11.6. The molecule has 0 atom stereocenters. The predicted octanol–water partition coefficient (Wildman–Crippen LogP) is 5.35. The summed E-state index contributed by atoms with van der Waals surface area (Å²) in [4.78, 5) is 0. The molecule has 2 heteroatoms. The molecule has 86 valence electrons. The molecule has 0 saturated heterocycles. The number of hydrogen-bond donors (Lipinski definition) is 1. The Morgan fingerprint density at radius 1 is 0.667 bits per heavy atom. The molecule has 0 fully saturated rings. The van der Waals surface area contributed by atoms with E-state index in [9.17, 15) is 0 Å². The molecule has 0 saturated carbocycles. The summed E-state index contributed by atoms with van der Waals surface area (Å²) < 4.78 is 3.25. The Hall–Kier alpha value is -1.55. The van der Waals surface area contributed by atoms with Gasteiger partial charge in [-0.05, 0) is 33.0 Å². The van der Waals surface area contributed by atoms with Crippen molar-refractivity contribution >= 4 is 60.9 Å². The van der Waals surface area contributed by atoms with Gasteiger partial charge in [-0.2, -0.15) is 0 Å². The number of benzene rings is 4. The van der Waals surface area contributed by atoms with Gasteiger partial charge < -0.3 is 3.53 Å². The molecule has 4 rings (SSSR count). The van der Waals surface area contributed by atoms with Gasteiger partial charge in [0.05, 0.1) is 28.6 Å². The van der Waals surface area contributed by atoms with E-state index in [-0.39, 0.29) is 0 Å². The van der Waals surface area contributed by atoms with Crippen molar-refractivity contribution in [2.75, 3.05) is 3.53 Å². The summed E-state index contributed by atoms with van der Waals surface area (Å²) in [6.07, 6.45) is 0. The second-order valence-electron chi connectivity index (χ2n) is 4.56. The molecule has 0 aliphatic carbocycles. The summed E-state index contributed by atoms with van der Waals surface area (Å²) in [6, 6.07) is 19.7. The first-order valence-corrected chi connectivity index (χ1v) is 6.99. The van der Waals surface area contributed by atoms with Gasteiger partial charge in [0.25, 0.3) is 0 Å². The van der Waals surface area contributed by atoms with Crippen molar-refractivity contribution in [1.29, 1.82) is 0 Å². The molecule has 1 N–H and O–H groups in total. The van der Waals surface area contributed by atoms with Gasteiger partial charge >= 0.3 is 0 Å². The van der Waals surface area contributed by atoms with Crippen LogP contribution in [0.1, 0.15) is 0 Å². The molecular weight excluding hydrogens is 333 g/mol. The van der Waals surface area contributed by atoms with Gasteiger partial charge in [-0.15, -0.1) is 0 Å². The van der Waals surface area contributed by atoms with Crippen LogP contribution in [0.5, 0.6) is 0 Å². The van der Waals surface area contributed by atoms with Crippen molar-refractivity contribution < 1.29 is 0 Å². The molecule has 0 aliphatic rings. The lowest BCUT2D eigenvalue weighted by molar-refractivity contribution is 1.77. The van der Waals surface area contributed by atoms with Gasteiger partial charge in [-0.25, -0.2) is 0 Å². The van der Waals surface area contributed by atoms with Crippen LogP contribution in [0, 0.1) is 0 Å². The van der Waals surface area contributed by atoms with Gasteiger partial charge in [0.15, 0.2) is 0 Å². The van der Waals surface area contributed by atoms with Crippen LogP contribution >= 0.6 is 22.9 Å². The highest BCUT2D eigenvalue weighted by atomic mass is 127. The molecule has 0 heterocycles. The van der Waals surface area contributed by atoms with Gasteiger partial charge in [0.2, 0.25) is 0 Å². The summed E-state index contributed by atoms with van der Waals surface area (Å²) >= 11 is 2.20. The molecule has 0 radical (unpaired) electrons. The Kier molecular flexibility index (Phi) is 2.14. The maximum atomic E-state index is 3.25. The molecule has 4 aromatic rings. The highest BCUT2D eigenvalue weighted by Crippen LogP contribution is 2.37. The second-order valence-corrected chi connectivity index (χ2v) is 5.10. The van der Waals surface area contributed by atoms with Crippen LogP contribution < -0.4 is 3.53 Å². The topological polar surface area (TPSA) is 12.0 Å². The minimum Gasteiger partial charge on any atom is -0.328 e. The van der Waals surface area contributed by atoms with Crippen LogP contribution in [0.4, 0.5) is 5.69 Å². The lowest BCUT2D eigenvalue weighted by atomic mass is 9.94. The van der Waals surface area contributed by atoms with Crippen molar-refractivity contribution in [3.8, 4) is 0 Å². The number of rotatable bonds is 1. The molecule has 4 aromatic carbocycles. The highest BCUT2D eigenvalue weighted by Gasteiger charge is 2.09. The number of hydrogen-bond acceptors (Lipinski definition) is 1. The first-order valence-electron chi connectivity index (χ1n) is 5.92. The van der Waals surface area contributed by atoms with E-state index in [1.165, 1.54) is 38.0 Å². The third-order valence-electron chi connectivity index (χ3n) is 3.63. The zero-order valence-corrected chi connectivity index (χ0v) is 11.7. The molecular formula is C16H10IN. The minimum absolute atomic E-state index is 1.18. The fourth-order valence-corrected chi connectivity index (χ4v) is 3.29. The van der Waals surface area contributed by atoms with Crippen molar-refractivity contribution in [1.82, 2.24) is 0 Å². The summed E-state index contributed by atoms with van der Waals surface area (Å²) in [7, 11) is 0. The lowest BCUT2D eigenvalue weighted by Crippen LogP contribution is -1.87. The molecule has 0 amide bonds. The average molecular weight is 343 g/mol. The van der Waals surface area contributed by atoms with Gasteiger partial charge in [0.1, 0.15) is 0 Å². The van der Waals surface area contributed by atoms with E-state index in [0.717, 1.165) is 0 Å². The summed E-state index contributed by atoms with van der Waals surface area (Å²) in [5, 5.41) is 7.98. The molecule has 0 aromatic heterocycles. The van der Waals surface area contributed by atoms with Crippen LogP contribution in [0.3, 0.4) is 0 Å². The minimum atomic E-state index is 1.18. The second kappa shape index (κ2) is 3.72. The lowest BCUT2D eigenvalue weighted by Gasteiger charge is -2.12. The SMILES string of the molecule is INc1ccc2ccc3cccc4ccc1c2c34. The van der Waals surface area contributed by atoms with E-state index in [4.69, 9.17) is 0 Å². The molecule has 1 nitrogen and oxygen atoms in total. The average Bonchev–Trinajstić information content (AvgIpc) is 2.44. The first-order chi connectivity index (χ1) is 8.88. The maximum absolute atomic E-state index is 3.25. The van der Waals surface area contributed by atoms with Gasteiger partial charge in [-0.3, -0.25) is 0 Å². The summed E-state index contributed by atoms with van der Waals surface area (Å²) in [5.41, 5.74) is 1.18. The van der Waals surface area contributed by atoms with Crippen molar-refractivity contribution in [3.63, 3.8) is 0 Å². The first kappa shape index (κ1) is 10.4. The number of nitrogens with one attached hydrogen (secondary N) is 1. The zero-order valence-electron chi connectivity index (χ0n) is 9.57. The molecule has 0 aliphatic heterocycles. The molecule has 0 bridgehead atoms. The van der Waals surface area contributed by atoms with E-state index in [2.05, 4.69) is 81.0 Å². The monoisotopic (exact) mass is 343 g/mol. The molecule has 18 heavy (non-hydrogen) atoms. The van der Waals surface area contributed by atoms with E-state index in [1.807, 2.05) is 0 Å². The number of anilines is 1. The van der Waals surface area contributed by atoms with E-state index in [0.29, 0.717) is 0 Å². The quantitative estimate of drug-likeness (QED) is 0.279. The van der Waals surface area contributed by atoms with Crippen molar-refractivity contribution in [2.45, 2.75) is 0 Å². The van der Waals surface area contributed by atoms with Crippen LogP contribution in [0.15, 0.2) is 54.6 Å². The van der Waals surface area contributed by atoms with Crippen molar-refractivity contribution in [3.05, 3.63) is 54.6 Å². The van der Waals surface area contributed by atoms with Crippen LogP contribution in [-0.2, 0) is 0 Å². The Bertz CT molecular complexity index is 851. The van der Waals surface area contributed by atoms with Gasteiger partial charge in [0, 0.05) is 5.39 Å². The van der Waals surface area contributed by atoms with Crippen LogP contribution in [0.25, 0.3) is 32.3 Å². The zero-order chi connectivity index (χ0) is 12.1. The Morgan fingerprint density at radius 3 is 2.00 bits per heavy atom. The highest BCUT2D eigenvalue weighted by molar-refractivity contribution is 14.1. The summed E-state index contributed by atoms with van der Waals surface area (Å²) in [6.45, 7) is 0. The standard InChI is InChI=1S/C16H10IN/c17-18-14-9-7-12-5-4-10-2-1-3-11-6-8-13(14)16(12)15(10)11/h1-9,18H. The maximum Gasteiger partial charge on any atom is 0.0560 e. The smallest absolute Gasteiger partial charge is 0.0560 e. The fraction of sp³-hybridized carbons (Fsp3) is 0. The third kappa shape index (κ3) is 1.27. The number of halogens is 1. The largest absolute Gasteiger partial charge is 0.328 e. The Morgan fingerprint density at radius 2 is 1.28 bits per heavy atom. The fourth-order valence-electron chi connectivity index (χ4n) is 2.82. The third-order valence-corrected chi connectivity index (χ3v) is 4.21. The van der Waals surface area contributed by atoms with E-state index < -0.39 is 0 Å². The van der Waals surface area contributed by atoms with E-state index >= 15 is 0 Å². The Balaban J connectivity index is 2.40. The van der Waals surface area contributed by atoms with E-state index in [1.54, 1.807) is 0 Å². The molecule has 0 unspecified atom stereocenters. The Labute approximate surface area is 119 Å². The summed E-state index contributed by atoms with van der Waals surface area (Å²) in [5.74, 6) is 0. The van der Waals surface area contributed by atoms with Crippen LogP contribution in [0.2, 0.25) is 0 Å². The van der Waals surface area contributed by atoms with Crippen molar-refractivity contribution in [2.24, 2.45) is 0 Å². The molecule has 0 spiro atoms. The predicted molar refractivity (Wildman–Crippen MR) is 87.8 cm³/mol. The van der Waals surface area contributed by atoms with Crippen LogP contribution in [-0.4, -0.2) is 0 Å².